The molecule has 0 spiro atoms. The number of hydrogen-bond acceptors (Lipinski definition) is 5. The van der Waals surface area contributed by atoms with Crippen LogP contribution in [0.1, 0.15) is 16.1 Å². The molecule has 1 aromatic heterocycles. The second-order valence-corrected chi connectivity index (χ2v) is 6.27. The molecule has 1 aliphatic heterocycles. The van der Waals surface area contributed by atoms with Crippen molar-refractivity contribution in [3.63, 3.8) is 0 Å². The lowest BCUT2D eigenvalue weighted by molar-refractivity contribution is -0.600. The molecule has 7 nitrogen and oxygen atoms in total. The number of carbonyl (C=O) groups is 1. The van der Waals surface area contributed by atoms with E-state index in [2.05, 4.69) is 20.9 Å². The van der Waals surface area contributed by atoms with Crippen LogP contribution in [-0.4, -0.2) is 70.6 Å². The van der Waals surface area contributed by atoms with Crippen LogP contribution in [0.25, 0.3) is 0 Å². The number of quaternary nitrogens is 1. The molecular weight excluding hydrogens is 409 g/mol. The van der Waals surface area contributed by atoms with Gasteiger partial charge in [-0.15, -0.1) is 0 Å². The van der Waals surface area contributed by atoms with E-state index in [1.165, 1.54) is 17.2 Å². The fourth-order valence-corrected chi connectivity index (χ4v) is 2.64. The van der Waals surface area contributed by atoms with E-state index in [4.69, 9.17) is 10.1 Å². The normalized spacial score (nSPS) is 18.8. The summed E-state index contributed by atoms with van der Waals surface area (Å²) in [6.45, 7) is -0.525. The number of alkyl halides is 3. The van der Waals surface area contributed by atoms with Gasteiger partial charge in [0.05, 0.1) is 24.9 Å². The van der Waals surface area contributed by atoms with E-state index in [0.717, 1.165) is 5.32 Å². The first-order chi connectivity index (χ1) is 11.7. The highest BCUT2D eigenvalue weighted by Crippen LogP contribution is 2.17. The molecule has 1 fully saturated rings. The van der Waals surface area contributed by atoms with Crippen LogP contribution < -0.4 is 5.32 Å². The number of aromatic nitrogens is 1. The Morgan fingerprint density at radius 2 is 2.28 bits per heavy atom. The summed E-state index contributed by atoms with van der Waals surface area (Å²) in [5, 5.41) is 18.2. The monoisotopic (exact) mass is 425 g/mol. The molecule has 138 valence electrons. The third-order valence-electron chi connectivity index (χ3n) is 3.48. The van der Waals surface area contributed by atoms with E-state index in [0.29, 0.717) is 0 Å². The Kier molecular flexibility index (Phi) is 6.49. The number of hydrogen-bond donors (Lipinski definition) is 3. The Hall–Kier alpha value is -1.56. The van der Waals surface area contributed by atoms with Crippen molar-refractivity contribution in [2.24, 2.45) is 0 Å². The summed E-state index contributed by atoms with van der Waals surface area (Å²) < 4.78 is 42.5. The lowest BCUT2D eigenvalue weighted by Crippen LogP contribution is -2.81. The van der Waals surface area contributed by atoms with Crippen LogP contribution in [0, 0.1) is 5.41 Å². The molecule has 1 amide bonds. The van der Waals surface area contributed by atoms with Crippen molar-refractivity contribution in [3.05, 3.63) is 23.5 Å². The Balaban J connectivity index is 2.25. The van der Waals surface area contributed by atoms with Gasteiger partial charge in [0, 0.05) is 25.4 Å². The quantitative estimate of drug-likeness (QED) is 0.607. The van der Waals surface area contributed by atoms with E-state index in [1.54, 1.807) is 0 Å². The van der Waals surface area contributed by atoms with E-state index in [1.807, 2.05) is 0 Å². The van der Waals surface area contributed by atoms with Crippen LogP contribution in [0.4, 0.5) is 18.9 Å². The van der Waals surface area contributed by atoms with Gasteiger partial charge in [0.15, 0.2) is 6.54 Å². The Morgan fingerprint density at radius 1 is 1.56 bits per heavy atom. The molecule has 1 saturated heterocycles. The molecule has 0 aromatic carbocycles. The van der Waals surface area contributed by atoms with Crippen LogP contribution in [0.2, 0.25) is 0 Å². The maximum atomic E-state index is 12.5. The topological polar surface area (TPSA) is 103 Å². The third-order valence-corrected chi connectivity index (χ3v) is 3.91. The minimum atomic E-state index is -4.40. The molecular formula is C14H17BrF3N4O3+. The minimum Gasteiger partial charge on any atom is -0.389 e. The van der Waals surface area contributed by atoms with Gasteiger partial charge in [-0.3, -0.25) is 10.2 Å². The standard InChI is InChI=1S/C14H16BrF3N4O3/c15-12(19)9-4-20-11(3-10(9)21-7-14(16,17)18)13(24)22-1-2-25-6-8(23)5-22/h3-4,8,19,23H,1-2,5-7H2,(H,20,21)/p+1. The van der Waals surface area contributed by atoms with Crippen LogP contribution in [-0.2, 0) is 4.74 Å². The Labute approximate surface area is 149 Å². The van der Waals surface area contributed by atoms with Crippen molar-refractivity contribution in [1.29, 1.82) is 5.41 Å². The molecule has 11 heteroatoms. The highest BCUT2D eigenvalue weighted by atomic mass is 79.9. The van der Waals surface area contributed by atoms with Crippen molar-refractivity contribution in [2.45, 2.75) is 12.3 Å². The second kappa shape index (κ2) is 8.21. The number of carbonyl (C=O) groups excluding carboxylic acids is 1. The smallest absolute Gasteiger partial charge is 0.389 e. The maximum Gasteiger partial charge on any atom is 0.438 e. The van der Waals surface area contributed by atoms with Gasteiger partial charge in [-0.1, -0.05) is 0 Å². The van der Waals surface area contributed by atoms with Gasteiger partial charge < -0.3 is 20.1 Å². The lowest BCUT2D eigenvalue weighted by Gasteiger charge is -2.21. The summed E-state index contributed by atoms with van der Waals surface area (Å²) in [6, 6.07) is 1.22. The van der Waals surface area contributed by atoms with Crippen molar-refractivity contribution < 1.29 is 33.1 Å². The zero-order valence-electron chi connectivity index (χ0n) is 13.0. The van der Waals surface area contributed by atoms with E-state index < -0.39 is 24.7 Å². The number of β-amino-alcohol motifs (C(OH)–C–C–N with tert-alkyl or cyclic N) is 1. The third kappa shape index (κ3) is 5.73. The van der Waals surface area contributed by atoms with Gasteiger partial charge >= 0.3 is 6.18 Å². The fourth-order valence-electron chi connectivity index (χ4n) is 2.30. The molecule has 0 bridgehead atoms. The molecule has 0 aliphatic carbocycles. The minimum absolute atomic E-state index is 0.0537. The number of nitrogens with two attached hydrogens (primary N) is 1. The molecule has 4 N–H and O–H groups in total. The first kappa shape index (κ1) is 19.8. The molecule has 25 heavy (non-hydrogen) atoms. The van der Waals surface area contributed by atoms with Crippen LogP contribution in [0.3, 0.4) is 0 Å². The number of nitrogens with one attached hydrogen (secondary N) is 1. The summed E-state index contributed by atoms with van der Waals surface area (Å²) in [6.07, 6.45) is -4.05. The van der Waals surface area contributed by atoms with Crippen molar-refractivity contribution in [1.82, 2.24) is 9.88 Å². The molecule has 1 aliphatic rings. The molecule has 0 saturated carbocycles. The summed E-state index contributed by atoms with van der Waals surface area (Å²) in [7, 11) is 0. The predicted molar refractivity (Wildman–Crippen MR) is 85.2 cm³/mol. The Bertz CT molecular complexity index is 657. The van der Waals surface area contributed by atoms with E-state index in [9.17, 15) is 23.1 Å². The van der Waals surface area contributed by atoms with Crippen molar-refractivity contribution in [2.75, 3.05) is 32.8 Å². The number of aliphatic hydroxyl groups is 1. The Morgan fingerprint density at radius 3 is 2.92 bits per heavy atom. The predicted octanol–water partition coefficient (Wildman–Crippen LogP) is 0.392. The van der Waals surface area contributed by atoms with Crippen LogP contribution in [0.5, 0.6) is 0 Å². The highest BCUT2D eigenvalue weighted by Gasteiger charge is 2.31. The second-order valence-electron chi connectivity index (χ2n) is 5.47. The average Bonchev–Trinajstić information content (AvgIpc) is 2.75. The van der Waals surface area contributed by atoms with Crippen molar-refractivity contribution >= 4 is 32.1 Å². The molecule has 0 radical (unpaired) electrons. The zero-order valence-corrected chi connectivity index (χ0v) is 14.6. The summed E-state index contributed by atoms with van der Waals surface area (Å²) in [5.74, 6) is -0.515. The maximum absolute atomic E-state index is 12.5. The van der Waals surface area contributed by atoms with Gasteiger partial charge in [0.2, 0.25) is 0 Å². The molecule has 2 rings (SSSR count). The van der Waals surface area contributed by atoms with Gasteiger partial charge in [-0.25, -0.2) is 4.98 Å². The number of ether oxygens (including phenoxy) is 1. The van der Waals surface area contributed by atoms with Crippen LogP contribution >= 0.6 is 15.9 Å². The lowest BCUT2D eigenvalue weighted by atomic mass is 10.2. The van der Waals surface area contributed by atoms with Crippen molar-refractivity contribution in [3.8, 4) is 0 Å². The largest absolute Gasteiger partial charge is 0.438 e. The molecule has 1 atom stereocenters. The van der Waals surface area contributed by atoms with Gasteiger partial charge in [0.25, 0.3) is 5.91 Å². The zero-order chi connectivity index (χ0) is 18.6. The van der Waals surface area contributed by atoms with E-state index in [-0.39, 0.29) is 47.9 Å². The summed E-state index contributed by atoms with van der Waals surface area (Å²) in [5.41, 5.74) is 0.184. The van der Waals surface area contributed by atoms with Gasteiger partial charge in [-0.2, -0.15) is 13.2 Å². The van der Waals surface area contributed by atoms with Crippen LogP contribution in [0.15, 0.2) is 12.3 Å². The summed E-state index contributed by atoms with van der Waals surface area (Å²) >= 11 is 2.91. The van der Waals surface area contributed by atoms with E-state index >= 15 is 0 Å². The molecule has 2 heterocycles. The fraction of sp³-hybridized carbons (Fsp3) is 0.500. The highest BCUT2D eigenvalue weighted by molar-refractivity contribution is 9.18. The number of amides is 1. The number of rotatable bonds is 4. The number of nitrogens with zero attached hydrogens (tertiary/aromatic N) is 2. The average molecular weight is 426 g/mol. The SMILES string of the molecule is N=C(Br)c1cnc(C(=O)N2CCOCC(O)C2)cc1[NH2+]CC(F)(F)F. The number of halogens is 4. The summed E-state index contributed by atoms with van der Waals surface area (Å²) in [4.78, 5) is 17.8. The number of aliphatic hydroxyl groups excluding tert-OH is 1. The molecule has 1 unspecified atom stereocenters. The molecule has 1 aromatic rings. The first-order valence-electron chi connectivity index (χ1n) is 7.37. The van der Waals surface area contributed by atoms with Gasteiger partial charge in [0.1, 0.15) is 16.0 Å². The van der Waals surface area contributed by atoms with Gasteiger partial charge in [-0.05, 0) is 15.9 Å². The first-order valence-corrected chi connectivity index (χ1v) is 8.16. The number of pyridine rings is 1.